The van der Waals surface area contributed by atoms with Crippen LogP contribution in [0.4, 0.5) is 5.69 Å². The highest BCUT2D eigenvalue weighted by atomic mass is 32.1. The van der Waals surface area contributed by atoms with E-state index in [2.05, 4.69) is 56.9 Å². The number of aryl methyl sites for hydroxylation is 1. The normalized spacial score (nSPS) is 11.3. The Hall–Kier alpha value is -1.09. The third-order valence-electron chi connectivity index (χ3n) is 3.00. The van der Waals surface area contributed by atoms with Crippen molar-refractivity contribution in [2.24, 2.45) is 11.1 Å². The van der Waals surface area contributed by atoms with Gasteiger partial charge in [0, 0.05) is 24.2 Å². The van der Waals surface area contributed by atoms with Crippen molar-refractivity contribution in [2.45, 2.75) is 27.7 Å². The number of benzene rings is 1. The zero-order chi connectivity index (χ0) is 13.1. The molecule has 0 fully saturated rings. The molecule has 1 aromatic carbocycles. The van der Waals surface area contributed by atoms with Crippen LogP contribution >= 0.6 is 12.2 Å². The van der Waals surface area contributed by atoms with Gasteiger partial charge in [0.15, 0.2) is 0 Å². The number of nitrogens with two attached hydrogens (primary N) is 1. The summed E-state index contributed by atoms with van der Waals surface area (Å²) in [7, 11) is 0. The highest BCUT2D eigenvalue weighted by molar-refractivity contribution is 7.80. The first-order valence-electron chi connectivity index (χ1n) is 5.98. The Labute approximate surface area is 110 Å². The maximum Gasteiger partial charge on any atom is 0.0802 e. The summed E-state index contributed by atoms with van der Waals surface area (Å²) in [5, 5.41) is 0. The average Bonchev–Trinajstić information content (AvgIpc) is 2.25. The summed E-state index contributed by atoms with van der Waals surface area (Å²) in [6.45, 7) is 10.2. The zero-order valence-corrected chi connectivity index (χ0v) is 12.0. The molecule has 0 saturated heterocycles. The molecule has 3 heteroatoms. The highest BCUT2D eigenvalue weighted by Gasteiger charge is 2.24. The van der Waals surface area contributed by atoms with Crippen LogP contribution in [0.2, 0.25) is 0 Å². The van der Waals surface area contributed by atoms with Crippen LogP contribution in [0, 0.1) is 12.3 Å². The van der Waals surface area contributed by atoms with Gasteiger partial charge < -0.3 is 10.6 Å². The first-order valence-corrected chi connectivity index (χ1v) is 6.39. The van der Waals surface area contributed by atoms with Crippen molar-refractivity contribution in [1.82, 2.24) is 0 Å². The second-order valence-electron chi connectivity index (χ2n) is 5.10. The largest absolute Gasteiger partial charge is 0.393 e. The predicted octanol–water partition coefficient (Wildman–Crippen LogP) is 3.13. The molecule has 0 aliphatic carbocycles. The van der Waals surface area contributed by atoms with E-state index < -0.39 is 0 Å². The molecule has 17 heavy (non-hydrogen) atoms. The van der Waals surface area contributed by atoms with Crippen LogP contribution in [0.25, 0.3) is 0 Å². The summed E-state index contributed by atoms with van der Waals surface area (Å²) in [5.74, 6) is 0. The Balaban J connectivity index is 2.90. The van der Waals surface area contributed by atoms with E-state index in [4.69, 9.17) is 18.0 Å². The van der Waals surface area contributed by atoms with Gasteiger partial charge >= 0.3 is 0 Å². The lowest BCUT2D eigenvalue weighted by atomic mass is 9.92. The Bertz CT molecular complexity index is 399. The monoisotopic (exact) mass is 250 g/mol. The molecular formula is C14H22N2S. The number of hydrogen-bond acceptors (Lipinski definition) is 2. The van der Waals surface area contributed by atoms with E-state index in [1.807, 2.05) is 0 Å². The van der Waals surface area contributed by atoms with Crippen molar-refractivity contribution in [1.29, 1.82) is 0 Å². The van der Waals surface area contributed by atoms with Gasteiger partial charge in [0.25, 0.3) is 0 Å². The molecule has 0 aliphatic heterocycles. The first-order chi connectivity index (χ1) is 7.86. The molecule has 0 radical (unpaired) electrons. The van der Waals surface area contributed by atoms with Crippen molar-refractivity contribution in [3.63, 3.8) is 0 Å². The number of rotatable bonds is 5. The molecule has 0 bridgehead atoms. The van der Waals surface area contributed by atoms with E-state index in [1.165, 1.54) is 11.3 Å². The summed E-state index contributed by atoms with van der Waals surface area (Å²) >= 11 is 5.12. The van der Waals surface area contributed by atoms with Crippen molar-refractivity contribution in [3.8, 4) is 0 Å². The molecule has 1 rings (SSSR count). The van der Waals surface area contributed by atoms with Crippen molar-refractivity contribution in [3.05, 3.63) is 29.8 Å². The number of hydrogen-bond donors (Lipinski definition) is 1. The van der Waals surface area contributed by atoms with Crippen LogP contribution in [-0.2, 0) is 0 Å². The van der Waals surface area contributed by atoms with Gasteiger partial charge in [0.1, 0.15) is 0 Å². The highest BCUT2D eigenvalue weighted by Crippen LogP contribution is 2.23. The lowest BCUT2D eigenvalue weighted by Crippen LogP contribution is -2.41. The van der Waals surface area contributed by atoms with Gasteiger partial charge in [0.05, 0.1) is 4.99 Å². The maximum absolute atomic E-state index is 5.79. The Morgan fingerprint density at radius 1 is 1.41 bits per heavy atom. The molecule has 2 N–H and O–H groups in total. The number of anilines is 1. The minimum atomic E-state index is -0.144. The van der Waals surface area contributed by atoms with Crippen molar-refractivity contribution in [2.75, 3.05) is 18.0 Å². The van der Waals surface area contributed by atoms with E-state index in [-0.39, 0.29) is 5.41 Å². The smallest absolute Gasteiger partial charge is 0.0802 e. The van der Waals surface area contributed by atoms with Crippen LogP contribution < -0.4 is 10.6 Å². The summed E-state index contributed by atoms with van der Waals surface area (Å²) in [4.78, 5) is 2.88. The quantitative estimate of drug-likeness (QED) is 0.814. The van der Waals surface area contributed by atoms with Gasteiger partial charge in [-0.3, -0.25) is 0 Å². The molecule has 0 atom stereocenters. The van der Waals surface area contributed by atoms with Gasteiger partial charge in [0.2, 0.25) is 0 Å². The minimum absolute atomic E-state index is 0.144. The van der Waals surface area contributed by atoms with E-state index in [9.17, 15) is 0 Å². The molecule has 0 heterocycles. The maximum atomic E-state index is 5.79. The molecule has 0 aliphatic rings. The van der Waals surface area contributed by atoms with Gasteiger partial charge in [-0.2, -0.15) is 0 Å². The molecule has 2 nitrogen and oxygen atoms in total. The summed E-state index contributed by atoms with van der Waals surface area (Å²) in [5.41, 5.74) is 8.15. The van der Waals surface area contributed by atoms with E-state index >= 15 is 0 Å². The van der Waals surface area contributed by atoms with Crippen LogP contribution in [0.15, 0.2) is 24.3 Å². The second-order valence-corrected chi connectivity index (χ2v) is 5.54. The van der Waals surface area contributed by atoms with Crippen LogP contribution in [0.5, 0.6) is 0 Å². The van der Waals surface area contributed by atoms with Gasteiger partial charge in [-0.1, -0.05) is 38.2 Å². The second kappa shape index (κ2) is 5.50. The third-order valence-corrected chi connectivity index (χ3v) is 3.55. The first kappa shape index (κ1) is 14.0. The summed E-state index contributed by atoms with van der Waals surface area (Å²) in [6.07, 6.45) is 0. The van der Waals surface area contributed by atoms with Crippen LogP contribution in [0.1, 0.15) is 26.3 Å². The fourth-order valence-electron chi connectivity index (χ4n) is 1.77. The molecule has 0 aromatic heterocycles. The van der Waals surface area contributed by atoms with Gasteiger partial charge in [-0.25, -0.2) is 0 Å². The van der Waals surface area contributed by atoms with Crippen molar-refractivity contribution >= 4 is 22.9 Å². The van der Waals surface area contributed by atoms with Crippen LogP contribution in [0.3, 0.4) is 0 Å². The minimum Gasteiger partial charge on any atom is -0.393 e. The number of thiocarbonyl (C=S) groups is 1. The standard InChI is InChI=1S/C14H22N2S/c1-5-16(10-14(3,4)13(15)17)12-8-6-7-11(2)9-12/h6-9H,5,10H2,1-4H3,(H2,15,17). The Kier molecular flexibility index (Phi) is 4.52. The molecule has 1 aromatic rings. The third kappa shape index (κ3) is 3.70. The van der Waals surface area contributed by atoms with E-state index in [0.717, 1.165) is 13.1 Å². The Morgan fingerprint density at radius 3 is 2.53 bits per heavy atom. The van der Waals surface area contributed by atoms with Crippen LogP contribution in [-0.4, -0.2) is 18.1 Å². The Morgan fingerprint density at radius 2 is 2.06 bits per heavy atom. The lowest BCUT2D eigenvalue weighted by Gasteiger charge is -2.33. The molecule has 0 saturated carbocycles. The molecule has 0 spiro atoms. The average molecular weight is 250 g/mol. The molecular weight excluding hydrogens is 228 g/mol. The number of nitrogens with zero attached hydrogens (tertiary/aromatic N) is 1. The van der Waals surface area contributed by atoms with Gasteiger partial charge in [-0.05, 0) is 31.5 Å². The predicted molar refractivity (Wildman–Crippen MR) is 79.6 cm³/mol. The van der Waals surface area contributed by atoms with E-state index in [1.54, 1.807) is 0 Å². The molecule has 94 valence electrons. The molecule has 0 unspecified atom stereocenters. The lowest BCUT2D eigenvalue weighted by molar-refractivity contribution is 0.514. The SMILES string of the molecule is CCN(CC(C)(C)C(N)=S)c1cccc(C)c1. The zero-order valence-electron chi connectivity index (χ0n) is 11.2. The van der Waals surface area contributed by atoms with Crippen molar-refractivity contribution < 1.29 is 0 Å². The molecule has 0 amide bonds. The summed E-state index contributed by atoms with van der Waals surface area (Å²) < 4.78 is 0. The fraction of sp³-hybridized carbons (Fsp3) is 0.500. The van der Waals surface area contributed by atoms with E-state index in [0.29, 0.717) is 4.99 Å². The summed E-state index contributed by atoms with van der Waals surface area (Å²) in [6, 6.07) is 8.52. The fourth-order valence-corrected chi connectivity index (χ4v) is 1.83. The van der Waals surface area contributed by atoms with Gasteiger partial charge in [-0.15, -0.1) is 0 Å². The topological polar surface area (TPSA) is 29.3 Å².